The van der Waals surface area contributed by atoms with Crippen molar-refractivity contribution in [2.45, 2.75) is 19.3 Å². The van der Waals surface area contributed by atoms with Crippen molar-refractivity contribution in [1.29, 1.82) is 5.26 Å². The highest BCUT2D eigenvalue weighted by Gasteiger charge is 2.56. The largest absolute Gasteiger partial charge is 0.507 e. The molecule has 3 aliphatic rings. The van der Waals surface area contributed by atoms with Crippen LogP contribution in [0.2, 0.25) is 0 Å². The summed E-state index contributed by atoms with van der Waals surface area (Å²) in [4.78, 5) is 0. The normalized spacial score (nSPS) is 27.3. The fourth-order valence-corrected chi connectivity index (χ4v) is 3.96. The van der Waals surface area contributed by atoms with Crippen LogP contribution in [0.15, 0.2) is 30.3 Å². The first kappa shape index (κ1) is 14.8. The molecule has 1 heterocycles. The second-order valence-corrected chi connectivity index (χ2v) is 6.83. The molecule has 1 atom stereocenters. The van der Waals surface area contributed by atoms with Crippen LogP contribution in [0, 0.1) is 28.6 Å². The minimum atomic E-state index is -0.109. The molecule has 0 aliphatic heterocycles. The summed E-state index contributed by atoms with van der Waals surface area (Å²) < 4.78 is 5.89. The van der Waals surface area contributed by atoms with Gasteiger partial charge in [0.25, 0.3) is 0 Å². The minimum Gasteiger partial charge on any atom is -0.507 e. The van der Waals surface area contributed by atoms with E-state index in [-0.39, 0.29) is 17.0 Å². The molecule has 0 saturated heterocycles. The molecule has 122 valence electrons. The molecule has 3 fully saturated rings. The summed E-state index contributed by atoms with van der Waals surface area (Å²) in [5, 5.41) is 27.2. The number of fused-ring (bicyclic) bond motifs is 1. The molecule has 0 radical (unpaired) electrons. The molecule has 6 heteroatoms. The zero-order valence-corrected chi connectivity index (χ0v) is 13.1. The number of aromatic nitrogens is 2. The Morgan fingerprint density at radius 1 is 1.29 bits per heavy atom. The van der Waals surface area contributed by atoms with Gasteiger partial charge < -0.3 is 15.6 Å². The van der Waals surface area contributed by atoms with Crippen LogP contribution >= 0.6 is 0 Å². The zero-order valence-electron chi connectivity index (χ0n) is 13.1. The van der Waals surface area contributed by atoms with Crippen molar-refractivity contribution >= 4 is 5.82 Å². The predicted octanol–water partition coefficient (Wildman–Crippen LogP) is 2.75. The van der Waals surface area contributed by atoms with Crippen LogP contribution in [0.4, 0.5) is 5.82 Å². The van der Waals surface area contributed by atoms with Gasteiger partial charge in [-0.3, -0.25) is 0 Å². The van der Waals surface area contributed by atoms with E-state index in [9.17, 15) is 10.4 Å². The lowest BCUT2D eigenvalue weighted by molar-refractivity contribution is 0.178. The molecule has 6 nitrogen and oxygen atoms in total. The molecule has 5 rings (SSSR count). The summed E-state index contributed by atoms with van der Waals surface area (Å²) in [6.45, 7) is 0.532. The van der Waals surface area contributed by atoms with Gasteiger partial charge >= 0.3 is 0 Å². The number of nitrogen functional groups attached to an aromatic ring is 1. The third kappa shape index (κ3) is 2.33. The second kappa shape index (κ2) is 5.38. The van der Waals surface area contributed by atoms with Crippen LogP contribution in [0.25, 0.3) is 11.3 Å². The molecule has 2 aromatic rings. The molecular formula is C18H18N4O2. The van der Waals surface area contributed by atoms with Crippen LogP contribution in [-0.4, -0.2) is 21.9 Å². The maximum Gasteiger partial charge on any atom is 0.188 e. The third-order valence-electron chi connectivity index (χ3n) is 5.28. The van der Waals surface area contributed by atoms with E-state index in [1.807, 2.05) is 6.07 Å². The van der Waals surface area contributed by atoms with Crippen LogP contribution in [0.1, 0.15) is 19.3 Å². The molecule has 1 aromatic heterocycles. The molecule has 2 bridgehead atoms. The van der Waals surface area contributed by atoms with E-state index in [1.54, 1.807) is 24.3 Å². The van der Waals surface area contributed by atoms with Gasteiger partial charge in [-0.1, -0.05) is 12.1 Å². The Balaban J connectivity index is 1.51. The Morgan fingerprint density at radius 2 is 2.08 bits per heavy atom. The maximum atomic E-state index is 9.95. The number of nitrogens with zero attached hydrogens (tertiary/aromatic N) is 3. The lowest BCUT2D eigenvalue weighted by Crippen LogP contribution is -2.26. The van der Waals surface area contributed by atoms with Gasteiger partial charge in [0.05, 0.1) is 18.1 Å². The molecular weight excluding hydrogens is 304 g/mol. The number of nitriles is 1. The molecule has 1 aromatic carbocycles. The Morgan fingerprint density at radius 3 is 2.79 bits per heavy atom. The number of para-hydroxylation sites is 1. The lowest BCUT2D eigenvalue weighted by Gasteiger charge is -2.31. The van der Waals surface area contributed by atoms with Crippen molar-refractivity contribution in [3.63, 3.8) is 0 Å². The third-order valence-corrected chi connectivity index (χ3v) is 5.28. The molecule has 24 heavy (non-hydrogen) atoms. The predicted molar refractivity (Wildman–Crippen MR) is 87.9 cm³/mol. The number of benzene rings is 1. The SMILES string of the molecule is N#CC12CC(C1)[C@@H](COc1cc(-c3ccccc3O)nnc1N)C2. The molecule has 3 saturated carbocycles. The van der Waals surface area contributed by atoms with Gasteiger partial charge in [-0.25, -0.2) is 0 Å². The smallest absolute Gasteiger partial charge is 0.188 e. The van der Waals surface area contributed by atoms with Gasteiger partial charge in [-0.2, -0.15) is 5.26 Å². The van der Waals surface area contributed by atoms with Crippen LogP contribution in [0.5, 0.6) is 11.5 Å². The highest BCUT2D eigenvalue weighted by atomic mass is 16.5. The zero-order chi connectivity index (χ0) is 16.7. The van der Waals surface area contributed by atoms with Crippen LogP contribution in [0.3, 0.4) is 0 Å². The van der Waals surface area contributed by atoms with E-state index in [1.165, 1.54) is 0 Å². The van der Waals surface area contributed by atoms with E-state index in [0.29, 0.717) is 35.4 Å². The number of hydrogen-bond donors (Lipinski definition) is 2. The van der Waals surface area contributed by atoms with Gasteiger partial charge in [0.2, 0.25) is 0 Å². The Kier molecular flexibility index (Phi) is 3.31. The summed E-state index contributed by atoms with van der Waals surface area (Å²) in [5.74, 6) is 1.81. The van der Waals surface area contributed by atoms with Crippen molar-refractivity contribution in [1.82, 2.24) is 10.2 Å². The van der Waals surface area contributed by atoms with Gasteiger partial charge in [-0.15, -0.1) is 10.2 Å². The quantitative estimate of drug-likeness (QED) is 0.896. The number of ether oxygens (including phenoxy) is 1. The summed E-state index contributed by atoms with van der Waals surface area (Å²) >= 11 is 0. The number of nitrogens with two attached hydrogens (primary N) is 1. The summed E-state index contributed by atoms with van der Waals surface area (Å²) in [5.41, 5.74) is 6.86. The molecule has 0 unspecified atom stereocenters. The van der Waals surface area contributed by atoms with E-state index >= 15 is 0 Å². The Labute approximate surface area is 139 Å². The molecule has 0 spiro atoms. The average Bonchev–Trinajstić information content (AvgIpc) is 3.09. The van der Waals surface area contributed by atoms with Gasteiger partial charge in [0.1, 0.15) is 11.4 Å². The van der Waals surface area contributed by atoms with Crippen molar-refractivity contribution in [3.8, 4) is 28.8 Å². The van der Waals surface area contributed by atoms with E-state index < -0.39 is 0 Å². The van der Waals surface area contributed by atoms with Gasteiger partial charge in [0.15, 0.2) is 11.6 Å². The summed E-state index contributed by atoms with van der Waals surface area (Å²) in [6, 6.07) is 11.1. The first-order valence-electron chi connectivity index (χ1n) is 8.06. The summed E-state index contributed by atoms with van der Waals surface area (Å²) in [6.07, 6.45) is 2.88. The van der Waals surface area contributed by atoms with Crippen molar-refractivity contribution in [2.75, 3.05) is 12.3 Å². The van der Waals surface area contributed by atoms with Gasteiger partial charge in [-0.05, 0) is 43.2 Å². The van der Waals surface area contributed by atoms with E-state index in [0.717, 1.165) is 19.3 Å². The van der Waals surface area contributed by atoms with E-state index in [2.05, 4.69) is 16.3 Å². The second-order valence-electron chi connectivity index (χ2n) is 6.83. The molecule has 3 N–H and O–H groups in total. The fraction of sp³-hybridized carbons (Fsp3) is 0.389. The monoisotopic (exact) mass is 322 g/mol. The first-order chi connectivity index (χ1) is 11.6. The number of phenolic OH excluding ortho intramolecular Hbond substituents is 1. The highest BCUT2D eigenvalue weighted by molar-refractivity contribution is 5.68. The van der Waals surface area contributed by atoms with Crippen LogP contribution < -0.4 is 10.5 Å². The maximum absolute atomic E-state index is 9.95. The molecule has 3 aliphatic carbocycles. The van der Waals surface area contributed by atoms with Crippen LogP contribution in [-0.2, 0) is 0 Å². The Bertz CT molecular complexity index is 824. The topological polar surface area (TPSA) is 105 Å². The number of anilines is 1. The standard InChI is InChI=1S/C18H18N4O2/c19-10-18-6-11(7-18)12(8-18)9-24-16-5-14(21-22-17(16)20)13-3-1-2-4-15(13)23/h1-5,11-12,23H,6-9H2,(H2,20,22)/t11?,12-,18?/m1/s1. The number of aromatic hydroxyl groups is 1. The summed E-state index contributed by atoms with van der Waals surface area (Å²) in [7, 11) is 0. The number of hydrogen-bond acceptors (Lipinski definition) is 6. The first-order valence-corrected chi connectivity index (χ1v) is 8.06. The Hall–Kier alpha value is -2.81. The average molecular weight is 322 g/mol. The fourth-order valence-electron chi connectivity index (χ4n) is 3.96. The van der Waals surface area contributed by atoms with Crippen molar-refractivity contribution in [2.24, 2.45) is 17.3 Å². The molecule has 0 amide bonds. The van der Waals surface area contributed by atoms with Gasteiger partial charge in [0, 0.05) is 11.6 Å². The number of phenols is 1. The number of rotatable bonds is 4. The van der Waals surface area contributed by atoms with E-state index in [4.69, 9.17) is 10.5 Å². The minimum absolute atomic E-state index is 0.109. The lowest BCUT2D eigenvalue weighted by atomic mass is 9.70. The van der Waals surface area contributed by atoms with Crippen molar-refractivity contribution in [3.05, 3.63) is 30.3 Å². The van der Waals surface area contributed by atoms with Crippen molar-refractivity contribution < 1.29 is 9.84 Å². The highest BCUT2D eigenvalue weighted by Crippen LogP contribution is 2.61.